The van der Waals surface area contributed by atoms with E-state index in [2.05, 4.69) is 0 Å². The molecule has 2 heterocycles. The van der Waals surface area contributed by atoms with Crippen molar-refractivity contribution >= 4 is 5.91 Å². The Morgan fingerprint density at radius 1 is 1.21 bits per heavy atom. The molecular weight excluding hydrogens is 249 g/mol. The molecule has 102 valence electrons. The predicted octanol–water partition coefficient (Wildman–Crippen LogP) is 1.80. The molecule has 0 saturated carbocycles. The van der Waals surface area contributed by atoms with Crippen LogP contribution in [-0.4, -0.2) is 42.9 Å². The van der Waals surface area contributed by atoms with Crippen LogP contribution in [0.15, 0.2) is 24.3 Å². The molecule has 0 aliphatic carbocycles. The highest BCUT2D eigenvalue weighted by Crippen LogP contribution is 2.31. The first-order chi connectivity index (χ1) is 9.19. The zero-order chi connectivity index (χ0) is 13.3. The van der Waals surface area contributed by atoms with E-state index in [4.69, 9.17) is 9.47 Å². The second kappa shape index (κ2) is 4.90. The summed E-state index contributed by atoms with van der Waals surface area (Å²) in [5.41, 5.74) is 0.393. The van der Waals surface area contributed by atoms with Crippen LogP contribution in [0.1, 0.15) is 23.2 Å². The average molecular weight is 265 g/mol. The second-order valence-electron chi connectivity index (χ2n) is 4.91. The molecule has 1 aromatic carbocycles. The van der Waals surface area contributed by atoms with Crippen molar-refractivity contribution in [3.8, 4) is 0 Å². The van der Waals surface area contributed by atoms with Crippen LogP contribution in [0.2, 0.25) is 0 Å². The fourth-order valence-corrected chi connectivity index (χ4v) is 2.64. The SMILES string of the molecule is O=C(c1cccc(F)c1)N1CCC2(CC1)OCCO2. The number of amides is 1. The van der Waals surface area contributed by atoms with Crippen LogP contribution in [0.4, 0.5) is 4.39 Å². The van der Waals surface area contributed by atoms with Crippen molar-refractivity contribution in [2.75, 3.05) is 26.3 Å². The zero-order valence-corrected chi connectivity index (χ0v) is 10.6. The molecule has 2 fully saturated rings. The maximum atomic E-state index is 13.1. The Labute approximate surface area is 111 Å². The van der Waals surface area contributed by atoms with E-state index >= 15 is 0 Å². The van der Waals surface area contributed by atoms with Crippen molar-refractivity contribution in [1.82, 2.24) is 4.90 Å². The molecule has 0 N–H and O–H groups in total. The van der Waals surface area contributed by atoms with Crippen LogP contribution in [0, 0.1) is 5.82 Å². The molecular formula is C14H16FNO3. The van der Waals surface area contributed by atoms with E-state index in [9.17, 15) is 9.18 Å². The van der Waals surface area contributed by atoms with Gasteiger partial charge in [0, 0.05) is 31.5 Å². The number of ether oxygens (including phenoxy) is 2. The summed E-state index contributed by atoms with van der Waals surface area (Å²) in [4.78, 5) is 14.0. The van der Waals surface area contributed by atoms with Gasteiger partial charge in [-0.2, -0.15) is 0 Å². The van der Waals surface area contributed by atoms with Gasteiger partial charge in [-0.15, -0.1) is 0 Å². The van der Waals surface area contributed by atoms with E-state index < -0.39 is 5.79 Å². The Hall–Kier alpha value is -1.46. The monoisotopic (exact) mass is 265 g/mol. The first-order valence-electron chi connectivity index (χ1n) is 6.51. The predicted molar refractivity (Wildman–Crippen MR) is 66.2 cm³/mol. The highest BCUT2D eigenvalue weighted by molar-refractivity contribution is 5.94. The topological polar surface area (TPSA) is 38.8 Å². The number of halogens is 1. The van der Waals surface area contributed by atoms with E-state index in [1.165, 1.54) is 12.1 Å². The number of likely N-dealkylation sites (tertiary alicyclic amines) is 1. The molecule has 4 nitrogen and oxygen atoms in total. The molecule has 19 heavy (non-hydrogen) atoms. The van der Waals surface area contributed by atoms with E-state index in [1.807, 2.05) is 0 Å². The van der Waals surface area contributed by atoms with Gasteiger partial charge in [0.25, 0.3) is 5.91 Å². The normalized spacial score (nSPS) is 21.8. The zero-order valence-electron chi connectivity index (χ0n) is 10.6. The molecule has 1 amide bonds. The fourth-order valence-electron chi connectivity index (χ4n) is 2.64. The summed E-state index contributed by atoms with van der Waals surface area (Å²) in [5.74, 6) is -1.01. The van der Waals surface area contributed by atoms with Gasteiger partial charge in [0.2, 0.25) is 0 Å². The Balaban J connectivity index is 1.66. The largest absolute Gasteiger partial charge is 0.347 e. The molecule has 2 aliphatic rings. The average Bonchev–Trinajstić information content (AvgIpc) is 2.87. The van der Waals surface area contributed by atoms with Crippen molar-refractivity contribution in [2.45, 2.75) is 18.6 Å². The first kappa shape index (κ1) is 12.6. The molecule has 0 bridgehead atoms. The maximum absolute atomic E-state index is 13.1. The minimum absolute atomic E-state index is 0.132. The molecule has 0 radical (unpaired) electrons. The number of carbonyl (C=O) groups excluding carboxylic acids is 1. The van der Waals surface area contributed by atoms with Crippen molar-refractivity contribution in [3.05, 3.63) is 35.6 Å². The second-order valence-corrected chi connectivity index (χ2v) is 4.91. The number of hydrogen-bond acceptors (Lipinski definition) is 3. The molecule has 1 spiro atoms. The van der Waals surface area contributed by atoms with E-state index in [0.717, 1.165) is 0 Å². The minimum atomic E-state index is -0.487. The Kier molecular flexibility index (Phi) is 3.24. The summed E-state index contributed by atoms with van der Waals surface area (Å²) in [6.07, 6.45) is 1.35. The van der Waals surface area contributed by atoms with Gasteiger partial charge in [0.1, 0.15) is 5.82 Å². The number of carbonyl (C=O) groups is 1. The lowest BCUT2D eigenvalue weighted by Crippen LogP contribution is -2.47. The highest BCUT2D eigenvalue weighted by atomic mass is 19.1. The van der Waals surface area contributed by atoms with Crippen molar-refractivity contribution in [2.24, 2.45) is 0 Å². The summed E-state index contributed by atoms with van der Waals surface area (Å²) in [6, 6.07) is 5.80. The summed E-state index contributed by atoms with van der Waals surface area (Å²) in [5, 5.41) is 0. The third-order valence-electron chi connectivity index (χ3n) is 3.70. The molecule has 0 unspecified atom stereocenters. The quantitative estimate of drug-likeness (QED) is 0.777. The van der Waals surface area contributed by atoms with Gasteiger partial charge in [0.05, 0.1) is 13.2 Å². The fraction of sp³-hybridized carbons (Fsp3) is 0.500. The van der Waals surface area contributed by atoms with Crippen molar-refractivity contribution < 1.29 is 18.7 Å². The van der Waals surface area contributed by atoms with Crippen molar-refractivity contribution in [1.29, 1.82) is 0 Å². The lowest BCUT2D eigenvalue weighted by atomic mass is 10.0. The van der Waals surface area contributed by atoms with E-state index in [-0.39, 0.29) is 11.7 Å². The summed E-state index contributed by atoms with van der Waals surface area (Å²) in [6.45, 7) is 2.40. The van der Waals surface area contributed by atoms with Gasteiger partial charge in [-0.3, -0.25) is 4.79 Å². The van der Waals surface area contributed by atoms with Crippen LogP contribution in [0.3, 0.4) is 0 Å². The standard InChI is InChI=1S/C14H16FNO3/c15-12-3-1-2-11(10-12)13(17)16-6-4-14(5-7-16)18-8-9-19-14/h1-3,10H,4-9H2. The smallest absolute Gasteiger partial charge is 0.253 e. The van der Waals surface area contributed by atoms with Gasteiger partial charge < -0.3 is 14.4 Å². The number of nitrogens with zero attached hydrogens (tertiary/aromatic N) is 1. The van der Waals surface area contributed by atoms with Crippen LogP contribution in [-0.2, 0) is 9.47 Å². The first-order valence-corrected chi connectivity index (χ1v) is 6.51. The maximum Gasteiger partial charge on any atom is 0.253 e. The third-order valence-corrected chi connectivity index (χ3v) is 3.70. The van der Waals surface area contributed by atoms with Crippen LogP contribution in [0.25, 0.3) is 0 Å². The third kappa shape index (κ3) is 2.48. The lowest BCUT2D eigenvalue weighted by Gasteiger charge is -2.37. The molecule has 2 saturated heterocycles. The van der Waals surface area contributed by atoms with Crippen LogP contribution >= 0.6 is 0 Å². The summed E-state index contributed by atoms with van der Waals surface area (Å²) >= 11 is 0. The highest BCUT2D eigenvalue weighted by Gasteiger charge is 2.40. The minimum Gasteiger partial charge on any atom is -0.347 e. The van der Waals surface area contributed by atoms with Gasteiger partial charge in [-0.1, -0.05) is 6.07 Å². The molecule has 5 heteroatoms. The van der Waals surface area contributed by atoms with Gasteiger partial charge in [0.15, 0.2) is 5.79 Å². The Morgan fingerprint density at radius 2 is 1.89 bits per heavy atom. The summed E-state index contributed by atoms with van der Waals surface area (Å²) in [7, 11) is 0. The number of hydrogen-bond donors (Lipinski definition) is 0. The van der Waals surface area contributed by atoms with Crippen LogP contribution in [0.5, 0.6) is 0 Å². The van der Waals surface area contributed by atoms with Gasteiger partial charge in [-0.05, 0) is 18.2 Å². The van der Waals surface area contributed by atoms with Gasteiger partial charge >= 0.3 is 0 Å². The molecule has 0 aromatic heterocycles. The molecule has 2 aliphatic heterocycles. The van der Waals surface area contributed by atoms with E-state index in [1.54, 1.807) is 17.0 Å². The Morgan fingerprint density at radius 3 is 2.53 bits per heavy atom. The molecule has 1 aromatic rings. The van der Waals surface area contributed by atoms with Gasteiger partial charge in [-0.25, -0.2) is 4.39 Å². The molecule has 3 rings (SSSR count). The number of piperidine rings is 1. The summed E-state index contributed by atoms with van der Waals surface area (Å²) < 4.78 is 24.4. The number of benzene rings is 1. The van der Waals surface area contributed by atoms with E-state index in [0.29, 0.717) is 44.7 Å². The molecule has 0 atom stereocenters. The Bertz CT molecular complexity index is 475. The lowest BCUT2D eigenvalue weighted by molar-refractivity contribution is -0.181. The van der Waals surface area contributed by atoms with Crippen molar-refractivity contribution in [3.63, 3.8) is 0 Å². The number of rotatable bonds is 1. The van der Waals surface area contributed by atoms with Crippen LogP contribution < -0.4 is 0 Å².